The van der Waals surface area contributed by atoms with Crippen molar-refractivity contribution >= 4 is 12.1 Å². The summed E-state index contributed by atoms with van der Waals surface area (Å²) in [7, 11) is 1.67. The molecule has 3 aliphatic rings. The molecule has 2 unspecified atom stereocenters. The second kappa shape index (κ2) is 6.11. The second-order valence-electron chi connectivity index (χ2n) is 6.14. The van der Waals surface area contributed by atoms with Gasteiger partial charge in [-0.15, -0.1) is 10.1 Å². The van der Waals surface area contributed by atoms with E-state index in [-0.39, 0.29) is 11.8 Å². The molecule has 2 saturated carbocycles. The van der Waals surface area contributed by atoms with E-state index in [9.17, 15) is 4.79 Å². The Hall–Kier alpha value is -1.84. The Bertz CT molecular complexity index is 597. The van der Waals surface area contributed by atoms with Crippen LogP contribution in [0.4, 0.5) is 0 Å². The molecule has 3 fully saturated rings. The van der Waals surface area contributed by atoms with E-state index in [1.165, 1.54) is 19.3 Å². The molecular formula is C18H25N2O2+. The molecule has 22 heavy (non-hydrogen) atoms. The van der Waals surface area contributed by atoms with Crippen molar-refractivity contribution in [2.75, 3.05) is 7.11 Å². The maximum Gasteiger partial charge on any atom is 0.284 e. The fraction of sp³-hybridized carbons (Fsp3) is 0.556. The molecule has 2 aliphatic carbocycles. The van der Waals surface area contributed by atoms with E-state index in [1.54, 1.807) is 7.11 Å². The highest BCUT2D eigenvalue weighted by Crippen LogP contribution is 2.51. The quantitative estimate of drug-likeness (QED) is 0.853. The van der Waals surface area contributed by atoms with E-state index < -0.39 is 0 Å². The monoisotopic (exact) mass is 301 g/mol. The number of hydrazone groups is 1. The molecule has 4 heteroatoms. The highest BCUT2D eigenvalue weighted by molar-refractivity contribution is 5.83. The minimum atomic E-state index is 0.204. The predicted molar refractivity (Wildman–Crippen MR) is 86.0 cm³/mol. The normalized spacial score (nSPS) is 33.2. The number of hydrazine groups is 1. The van der Waals surface area contributed by atoms with Crippen molar-refractivity contribution in [3.63, 3.8) is 0 Å². The minimum absolute atomic E-state index is 0.204. The summed E-state index contributed by atoms with van der Waals surface area (Å²) in [5.74, 6) is 2.53. The molecule has 4 nitrogen and oxygen atoms in total. The SMILES string of the molecule is CC.COc1cccc(/C=[N+]2\NC(=O)C3C2[C@@H]2CC[C@@H]3C2)c1. The zero-order valence-electron chi connectivity index (χ0n) is 13.6. The molecule has 1 saturated heterocycles. The Morgan fingerprint density at radius 1 is 1.27 bits per heavy atom. The first-order valence-corrected chi connectivity index (χ1v) is 8.34. The van der Waals surface area contributed by atoms with Crippen LogP contribution in [0.3, 0.4) is 0 Å². The lowest BCUT2D eigenvalue weighted by atomic mass is 9.85. The van der Waals surface area contributed by atoms with Crippen LogP contribution < -0.4 is 10.2 Å². The predicted octanol–water partition coefficient (Wildman–Crippen LogP) is 2.61. The zero-order chi connectivity index (χ0) is 15.7. The van der Waals surface area contributed by atoms with Crippen LogP contribution >= 0.6 is 0 Å². The number of fused-ring (bicyclic) bond motifs is 5. The number of carbonyl (C=O) groups excluding carboxylic acids is 1. The maximum absolute atomic E-state index is 12.2. The largest absolute Gasteiger partial charge is 0.497 e. The molecule has 2 bridgehead atoms. The Kier molecular flexibility index (Phi) is 4.19. The van der Waals surface area contributed by atoms with Gasteiger partial charge in [-0.2, -0.15) is 0 Å². The molecular weight excluding hydrogens is 276 g/mol. The number of ether oxygens (including phenoxy) is 1. The van der Waals surface area contributed by atoms with Gasteiger partial charge in [0.25, 0.3) is 5.91 Å². The summed E-state index contributed by atoms with van der Waals surface area (Å²) in [4.78, 5) is 12.2. The van der Waals surface area contributed by atoms with Crippen molar-refractivity contribution in [2.45, 2.75) is 39.2 Å². The number of nitrogens with one attached hydrogen (secondary N) is 1. The lowest BCUT2D eigenvalue weighted by Gasteiger charge is -2.16. The summed E-state index contributed by atoms with van der Waals surface area (Å²) < 4.78 is 7.30. The number of amides is 1. The highest BCUT2D eigenvalue weighted by atomic mass is 16.5. The lowest BCUT2D eigenvalue weighted by Crippen LogP contribution is -2.34. The van der Waals surface area contributed by atoms with Gasteiger partial charge in [-0.05, 0) is 43.4 Å². The molecule has 1 heterocycles. The van der Waals surface area contributed by atoms with Crippen LogP contribution in [-0.2, 0) is 4.79 Å². The van der Waals surface area contributed by atoms with Gasteiger partial charge in [0, 0.05) is 11.5 Å². The van der Waals surface area contributed by atoms with Crippen molar-refractivity contribution in [3.05, 3.63) is 29.8 Å². The average Bonchev–Trinajstić information content (AvgIpc) is 3.24. The Morgan fingerprint density at radius 3 is 2.82 bits per heavy atom. The Labute approximate surface area is 132 Å². The molecule has 0 radical (unpaired) electrons. The van der Waals surface area contributed by atoms with Crippen molar-refractivity contribution in [3.8, 4) is 5.75 Å². The van der Waals surface area contributed by atoms with Crippen LogP contribution in [0.15, 0.2) is 24.3 Å². The molecule has 118 valence electrons. The Morgan fingerprint density at radius 2 is 2.05 bits per heavy atom. The minimum Gasteiger partial charge on any atom is -0.497 e. The molecule has 0 spiro atoms. The number of carbonyl (C=O) groups is 1. The van der Waals surface area contributed by atoms with Crippen molar-refractivity contribution < 1.29 is 14.2 Å². The number of methoxy groups -OCH3 is 1. The standard InChI is InChI=1S/C16H18N2O2.C2H6/c1-20-13-4-2-3-10(7-13)9-18-15-12-6-5-11(8-12)14(15)16(19)17-18;1-2/h2-4,7,9,11-12,14-15H,5-6,8H2,1H3;1-2H3/p+1/b18-9-;/t11-,12-,14?,15?;/m1./s1. The van der Waals surface area contributed by atoms with Crippen LogP contribution in [-0.4, -0.2) is 30.0 Å². The van der Waals surface area contributed by atoms with E-state index >= 15 is 0 Å². The van der Waals surface area contributed by atoms with E-state index in [1.807, 2.05) is 49.0 Å². The first kappa shape index (κ1) is 15.1. The van der Waals surface area contributed by atoms with Gasteiger partial charge in [-0.25, -0.2) is 0 Å². The van der Waals surface area contributed by atoms with Gasteiger partial charge in [0.1, 0.15) is 11.7 Å². The topological polar surface area (TPSA) is 41.3 Å². The van der Waals surface area contributed by atoms with Gasteiger partial charge < -0.3 is 4.74 Å². The van der Waals surface area contributed by atoms with Crippen molar-refractivity contribution in [1.82, 2.24) is 5.43 Å². The summed E-state index contributed by atoms with van der Waals surface area (Å²) in [6.07, 6.45) is 5.77. The van der Waals surface area contributed by atoms with E-state index in [2.05, 4.69) is 5.43 Å². The third-order valence-electron chi connectivity index (χ3n) is 5.12. The van der Waals surface area contributed by atoms with Crippen molar-refractivity contribution in [2.24, 2.45) is 17.8 Å². The molecule has 4 rings (SSSR count). The van der Waals surface area contributed by atoms with Gasteiger partial charge in [0.15, 0.2) is 6.04 Å². The summed E-state index contributed by atoms with van der Waals surface area (Å²) >= 11 is 0. The van der Waals surface area contributed by atoms with Crippen LogP contribution in [0.25, 0.3) is 0 Å². The highest BCUT2D eigenvalue weighted by Gasteiger charge is 2.61. The van der Waals surface area contributed by atoms with Gasteiger partial charge in [-0.1, -0.05) is 19.9 Å². The van der Waals surface area contributed by atoms with Gasteiger partial charge in [0.05, 0.1) is 7.11 Å². The average molecular weight is 301 g/mol. The summed E-state index contributed by atoms with van der Waals surface area (Å²) in [5.41, 5.74) is 4.10. The van der Waals surface area contributed by atoms with E-state index in [4.69, 9.17) is 4.74 Å². The van der Waals surface area contributed by atoms with Crippen LogP contribution in [0.1, 0.15) is 38.7 Å². The van der Waals surface area contributed by atoms with Crippen LogP contribution in [0, 0.1) is 17.8 Å². The molecule has 1 aromatic rings. The van der Waals surface area contributed by atoms with Gasteiger partial charge in [0.2, 0.25) is 6.21 Å². The Balaban J connectivity index is 0.000000693. The number of rotatable bonds is 2. The number of hydrogen-bond acceptors (Lipinski definition) is 2. The van der Waals surface area contributed by atoms with Gasteiger partial charge >= 0.3 is 0 Å². The lowest BCUT2D eigenvalue weighted by molar-refractivity contribution is -0.598. The van der Waals surface area contributed by atoms with E-state index in [0.29, 0.717) is 17.9 Å². The number of nitrogens with zero attached hydrogens (tertiary/aromatic N) is 1. The third-order valence-corrected chi connectivity index (χ3v) is 5.12. The number of hydrogen-bond donors (Lipinski definition) is 1. The maximum atomic E-state index is 12.2. The molecule has 1 amide bonds. The second-order valence-corrected chi connectivity index (χ2v) is 6.14. The summed E-state index contributed by atoms with van der Waals surface area (Å²) in [5, 5.41) is 0. The van der Waals surface area contributed by atoms with Crippen LogP contribution in [0.5, 0.6) is 5.75 Å². The van der Waals surface area contributed by atoms with Crippen molar-refractivity contribution in [1.29, 1.82) is 0 Å². The molecule has 1 aliphatic heterocycles. The summed E-state index contributed by atoms with van der Waals surface area (Å²) in [6, 6.07) is 8.29. The molecule has 4 atom stereocenters. The molecule has 1 aromatic carbocycles. The van der Waals surface area contributed by atoms with Gasteiger partial charge in [-0.3, -0.25) is 4.79 Å². The molecule has 1 N–H and O–H groups in total. The summed E-state index contributed by atoms with van der Waals surface area (Å²) in [6.45, 7) is 4.00. The first-order chi connectivity index (χ1) is 10.8. The zero-order valence-corrected chi connectivity index (χ0v) is 13.6. The van der Waals surface area contributed by atoms with E-state index in [0.717, 1.165) is 11.3 Å². The fourth-order valence-corrected chi connectivity index (χ4v) is 4.31. The van der Waals surface area contributed by atoms with Crippen LogP contribution in [0.2, 0.25) is 0 Å². The number of benzene rings is 1. The third kappa shape index (κ3) is 2.40. The molecule has 0 aromatic heterocycles. The smallest absolute Gasteiger partial charge is 0.284 e. The fourth-order valence-electron chi connectivity index (χ4n) is 4.31. The first-order valence-electron chi connectivity index (χ1n) is 8.34.